The Bertz CT molecular complexity index is 1160. The van der Waals surface area contributed by atoms with Crippen molar-refractivity contribution in [3.63, 3.8) is 0 Å². The van der Waals surface area contributed by atoms with Gasteiger partial charge in [-0.2, -0.15) is 0 Å². The standard InChI is InChI=1S/C28H42N4O4/c1-18-23(31-13-12-20(17-31)19(2)29-27(34)36-28(3,4)5)11-10-22-24(35-15-14-30(6)7)16-25(33)32(26(18)22)21-8-9-21/h10-11,16,19-21H,8-9,12-15,17H2,1-7H3,(H,29,34)/t19-,20+/m0/s1. The van der Waals surface area contributed by atoms with E-state index in [2.05, 4.69) is 34.2 Å². The topological polar surface area (TPSA) is 76.0 Å². The zero-order valence-corrected chi connectivity index (χ0v) is 22.9. The van der Waals surface area contributed by atoms with Crippen molar-refractivity contribution in [3.8, 4) is 5.75 Å². The minimum Gasteiger partial charge on any atom is -0.491 e. The number of nitrogens with one attached hydrogen (secondary N) is 1. The van der Waals surface area contributed by atoms with Gasteiger partial charge in [0.1, 0.15) is 18.0 Å². The van der Waals surface area contributed by atoms with Crippen molar-refractivity contribution in [1.82, 2.24) is 14.8 Å². The number of carbonyl (C=O) groups is 1. The molecular formula is C28H42N4O4. The first-order valence-electron chi connectivity index (χ1n) is 13.2. The lowest BCUT2D eigenvalue weighted by Gasteiger charge is -2.26. The number of nitrogens with zero attached hydrogens (tertiary/aromatic N) is 3. The molecule has 36 heavy (non-hydrogen) atoms. The van der Waals surface area contributed by atoms with Gasteiger partial charge in [0.05, 0.1) is 5.52 Å². The second-order valence-corrected chi connectivity index (χ2v) is 11.6. The van der Waals surface area contributed by atoms with E-state index in [1.807, 2.05) is 46.4 Å². The van der Waals surface area contributed by atoms with Crippen molar-refractivity contribution in [3.05, 3.63) is 34.1 Å². The van der Waals surface area contributed by atoms with Crippen LogP contribution in [0.4, 0.5) is 10.5 Å². The Hall–Kier alpha value is -2.74. The molecule has 1 aliphatic carbocycles. The summed E-state index contributed by atoms with van der Waals surface area (Å²) in [7, 11) is 4.02. The normalized spacial score (nSPS) is 19.1. The third kappa shape index (κ3) is 5.97. The average molecular weight is 499 g/mol. The Labute approximate surface area is 214 Å². The Kier molecular flexibility index (Phi) is 7.55. The van der Waals surface area contributed by atoms with Gasteiger partial charge < -0.3 is 29.2 Å². The first-order chi connectivity index (χ1) is 16.9. The van der Waals surface area contributed by atoms with E-state index in [1.165, 1.54) is 0 Å². The molecule has 1 N–H and O–H groups in total. The number of aryl methyl sites for hydroxylation is 1. The number of ether oxygens (including phenoxy) is 2. The van der Waals surface area contributed by atoms with Gasteiger partial charge in [0.2, 0.25) is 0 Å². The Morgan fingerprint density at radius 2 is 1.94 bits per heavy atom. The van der Waals surface area contributed by atoms with Gasteiger partial charge in [-0.05, 0) is 91.6 Å². The van der Waals surface area contributed by atoms with Gasteiger partial charge in [0.25, 0.3) is 5.56 Å². The molecule has 198 valence electrons. The van der Waals surface area contributed by atoms with Gasteiger partial charge in [-0.15, -0.1) is 0 Å². The quantitative estimate of drug-likeness (QED) is 0.584. The monoisotopic (exact) mass is 498 g/mol. The highest BCUT2D eigenvalue weighted by atomic mass is 16.6. The first-order valence-corrected chi connectivity index (χ1v) is 13.2. The van der Waals surface area contributed by atoms with Crippen molar-refractivity contribution >= 4 is 22.7 Å². The number of fused-ring (bicyclic) bond motifs is 1. The van der Waals surface area contributed by atoms with E-state index in [1.54, 1.807) is 6.07 Å². The molecule has 1 amide bonds. The number of hydrogen-bond acceptors (Lipinski definition) is 6. The smallest absolute Gasteiger partial charge is 0.407 e. The van der Waals surface area contributed by atoms with Crippen LogP contribution in [0.15, 0.2) is 23.0 Å². The van der Waals surface area contributed by atoms with Crippen molar-refractivity contribution in [2.45, 2.75) is 71.6 Å². The summed E-state index contributed by atoms with van der Waals surface area (Å²) in [5.74, 6) is 0.983. The number of aromatic nitrogens is 1. The van der Waals surface area contributed by atoms with E-state index in [9.17, 15) is 9.59 Å². The van der Waals surface area contributed by atoms with Gasteiger partial charge in [-0.1, -0.05) is 0 Å². The molecule has 0 unspecified atom stereocenters. The maximum absolute atomic E-state index is 13.2. The third-order valence-electron chi connectivity index (χ3n) is 7.13. The van der Waals surface area contributed by atoms with Crippen LogP contribution >= 0.6 is 0 Å². The van der Waals surface area contributed by atoms with Gasteiger partial charge in [-0.25, -0.2) is 4.79 Å². The zero-order valence-electron chi connectivity index (χ0n) is 22.9. The summed E-state index contributed by atoms with van der Waals surface area (Å²) in [6.45, 7) is 12.9. The van der Waals surface area contributed by atoms with E-state index in [-0.39, 0.29) is 23.7 Å². The minimum atomic E-state index is -0.514. The zero-order chi connectivity index (χ0) is 26.2. The highest BCUT2D eigenvalue weighted by Gasteiger charge is 2.32. The van der Waals surface area contributed by atoms with Crippen LogP contribution in [0.3, 0.4) is 0 Å². The summed E-state index contributed by atoms with van der Waals surface area (Å²) in [6, 6.07) is 6.20. The largest absolute Gasteiger partial charge is 0.491 e. The number of anilines is 1. The lowest BCUT2D eigenvalue weighted by molar-refractivity contribution is 0.0494. The third-order valence-corrected chi connectivity index (χ3v) is 7.13. The molecule has 0 radical (unpaired) electrons. The number of carbonyl (C=O) groups excluding carboxylic acids is 1. The van der Waals surface area contributed by atoms with Crippen molar-refractivity contribution in [2.24, 2.45) is 5.92 Å². The SMILES string of the molecule is Cc1c(N2CC[C@@H]([C@H](C)NC(=O)OC(C)(C)C)C2)ccc2c(OCCN(C)C)cc(=O)n(C3CC3)c12. The highest BCUT2D eigenvalue weighted by molar-refractivity contribution is 5.92. The van der Waals surface area contributed by atoms with E-state index in [0.717, 1.165) is 61.1 Å². The molecule has 2 heterocycles. The molecule has 1 saturated heterocycles. The fourth-order valence-corrected chi connectivity index (χ4v) is 5.09. The van der Waals surface area contributed by atoms with Crippen molar-refractivity contribution < 1.29 is 14.3 Å². The van der Waals surface area contributed by atoms with Crippen LogP contribution in [-0.4, -0.2) is 67.5 Å². The Morgan fingerprint density at radius 3 is 2.58 bits per heavy atom. The number of rotatable bonds is 8. The second kappa shape index (κ2) is 10.3. The van der Waals surface area contributed by atoms with E-state index in [0.29, 0.717) is 18.3 Å². The Morgan fingerprint density at radius 1 is 1.22 bits per heavy atom. The lowest BCUT2D eigenvalue weighted by Crippen LogP contribution is -2.42. The molecule has 2 aliphatic rings. The molecule has 8 nitrogen and oxygen atoms in total. The molecule has 1 aromatic heterocycles. The summed E-state index contributed by atoms with van der Waals surface area (Å²) < 4.78 is 13.5. The van der Waals surface area contributed by atoms with Crippen molar-refractivity contribution in [1.29, 1.82) is 0 Å². The fraction of sp³-hybridized carbons (Fsp3) is 0.643. The summed E-state index contributed by atoms with van der Waals surface area (Å²) in [5.41, 5.74) is 2.75. The summed E-state index contributed by atoms with van der Waals surface area (Å²) in [6.07, 6.45) is 2.70. The highest BCUT2D eigenvalue weighted by Crippen LogP contribution is 2.41. The predicted molar refractivity (Wildman–Crippen MR) is 144 cm³/mol. The molecular weight excluding hydrogens is 456 g/mol. The van der Waals surface area contributed by atoms with Crippen LogP contribution < -0.4 is 20.5 Å². The molecule has 2 atom stereocenters. The van der Waals surface area contributed by atoms with Gasteiger partial charge in [-0.3, -0.25) is 4.79 Å². The molecule has 0 spiro atoms. The Balaban J connectivity index is 1.58. The number of pyridine rings is 1. The van der Waals surface area contributed by atoms with E-state index < -0.39 is 5.60 Å². The maximum Gasteiger partial charge on any atom is 0.407 e. The molecule has 8 heteroatoms. The summed E-state index contributed by atoms with van der Waals surface area (Å²) >= 11 is 0. The molecule has 1 saturated carbocycles. The number of hydrogen-bond donors (Lipinski definition) is 1. The molecule has 1 aromatic carbocycles. The lowest BCUT2D eigenvalue weighted by atomic mass is 10.0. The summed E-state index contributed by atoms with van der Waals surface area (Å²) in [5, 5.41) is 4.01. The van der Waals surface area contributed by atoms with Crippen LogP contribution in [0.25, 0.3) is 10.9 Å². The van der Waals surface area contributed by atoms with E-state index in [4.69, 9.17) is 9.47 Å². The van der Waals surface area contributed by atoms with Crippen LogP contribution in [0, 0.1) is 12.8 Å². The molecule has 2 fully saturated rings. The molecule has 2 aromatic rings. The molecule has 1 aliphatic heterocycles. The number of amides is 1. The van der Waals surface area contributed by atoms with Crippen LogP contribution in [0.1, 0.15) is 58.6 Å². The van der Waals surface area contributed by atoms with Gasteiger partial charge in [0, 0.05) is 48.9 Å². The fourth-order valence-electron chi connectivity index (χ4n) is 5.09. The number of alkyl carbamates (subject to hydrolysis) is 1. The number of likely N-dealkylation sites (N-methyl/N-ethyl adjacent to an activating group) is 1. The average Bonchev–Trinajstić information content (AvgIpc) is 3.47. The van der Waals surface area contributed by atoms with Gasteiger partial charge >= 0.3 is 6.09 Å². The first kappa shape index (κ1) is 26.3. The second-order valence-electron chi connectivity index (χ2n) is 11.6. The van der Waals surface area contributed by atoms with Crippen molar-refractivity contribution in [2.75, 3.05) is 45.2 Å². The van der Waals surface area contributed by atoms with Crippen LogP contribution in [-0.2, 0) is 4.74 Å². The minimum absolute atomic E-state index is 0.00644. The maximum atomic E-state index is 13.2. The van der Waals surface area contributed by atoms with Gasteiger partial charge in [0.15, 0.2) is 0 Å². The molecule has 4 rings (SSSR count). The number of benzene rings is 1. The predicted octanol–water partition coefficient (Wildman–Crippen LogP) is 4.32. The molecule has 0 bridgehead atoms. The van der Waals surface area contributed by atoms with Crippen LogP contribution in [0.5, 0.6) is 5.75 Å². The van der Waals surface area contributed by atoms with Crippen LogP contribution in [0.2, 0.25) is 0 Å². The van der Waals surface area contributed by atoms with E-state index >= 15 is 0 Å². The summed E-state index contributed by atoms with van der Waals surface area (Å²) in [4.78, 5) is 29.9.